The van der Waals surface area contributed by atoms with Crippen LogP contribution in [0.1, 0.15) is 28.2 Å². The molecule has 0 saturated carbocycles. The summed E-state index contributed by atoms with van der Waals surface area (Å²) in [6, 6.07) is 19.8. The average Bonchev–Trinajstić information content (AvgIpc) is 2.94. The molecule has 7 heteroatoms. The predicted octanol–water partition coefficient (Wildman–Crippen LogP) is 3.92. The quantitative estimate of drug-likeness (QED) is 0.588. The maximum atomic E-state index is 13.5. The molecule has 0 bridgehead atoms. The molecule has 1 heterocycles. The molecule has 0 aliphatic carbocycles. The number of rotatable bonds is 5. The fourth-order valence-electron chi connectivity index (χ4n) is 4.07. The monoisotopic (exact) mass is 451 g/mol. The minimum Gasteiger partial charge on any atom is -0.493 e. The molecule has 6 nitrogen and oxygen atoms in total. The molecule has 3 aromatic carbocycles. The lowest BCUT2D eigenvalue weighted by atomic mass is 9.88. The molecule has 1 amide bonds. The normalized spacial score (nSPS) is 16.3. The standard InChI is InChI=1S/C25H25NO5S/c1-17-9-11-20(12-10-17)32(28,29)26-16-22(18-7-5-4-6-8-18)21-15-24(31-3)23(30-2)13-19(21)14-25(26)27/h4-13,15,22H,14,16H2,1-3H3/t22-/m1/s1. The number of amides is 1. The van der Waals surface area contributed by atoms with Crippen LogP contribution in [0.5, 0.6) is 11.5 Å². The molecule has 0 unspecified atom stereocenters. The highest BCUT2D eigenvalue weighted by Gasteiger charge is 2.37. The third kappa shape index (κ3) is 3.96. The zero-order valence-corrected chi connectivity index (χ0v) is 19.1. The average molecular weight is 452 g/mol. The molecule has 1 atom stereocenters. The number of ether oxygens (including phenoxy) is 2. The number of carbonyl (C=O) groups is 1. The van der Waals surface area contributed by atoms with Crippen LogP contribution in [0.2, 0.25) is 0 Å². The van der Waals surface area contributed by atoms with E-state index in [1.165, 1.54) is 7.11 Å². The van der Waals surface area contributed by atoms with Crippen molar-refractivity contribution in [1.29, 1.82) is 0 Å². The molecule has 0 N–H and O–H groups in total. The van der Waals surface area contributed by atoms with Crippen LogP contribution in [0.15, 0.2) is 71.6 Å². The summed E-state index contributed by atoms with van der Waals surface area (Å²) in [4.78, 5) is 13.4. The number of carbonyl (C=O) groups excluding carboxylic acids is 1. The van der Waals surface area contributed by atoms with Crippen molar-refractivity contribution in [2.24, 2.45) is 0 Å². The van der Waals surface area contributed by atoms with E-state index in [0.717, 1.165) is 26.6 Å². The Kier molecular flexibility index (Phi) is 5.93. The number of aryl methyl sites for hydroxylation is 1. The van der Waals surface area contributed by atoms with E-state index in [1.54, 1.807) is 37.4 Å². The van der Waals surface area contributed by atoms with Gasteiger partial charge < -0.3 is 9.47 Å². The van der Waals surface area contributed by atoms with Gasteiger partial charge in [-0.05, 0) is 47.9 Å². The summed E-state index contributed by atoms with van der Waals surface area (Å²) < 4.78 is 38.9. The zero-order valence-electron chi connectivity index (χ0n) is 18.2. The summed E-state index contributed by atoms with van der Waals surface area (Å²) in [5.41, 5.74) is 3.44. The second-order valence-electron chi connectivity index (χ2n) is 7.79. The third-order valence-corrected chi connectivity index (χ3v) is 7.60. The lowest BCUT2D eigenvalue weighted by Gasteiger charge is -2.25. The molecule has 32 heavy (non-hydrogen) atoms. The molecule has 0 saturated heterocycles. The van der Waals surface area contributed by atoms with Crippen LogP contribution in [-0.4, -0.2) is 39.4 Å². The van der Waals surface area contributed by atoms with Crippen molar-refractivity contribution in [3.8, 4) is 11.5 Å². The second kappa shape index (κ2) is 8.67. The van der Waals surface area contributed by atoms with Gasteiger partial charge in [0.2, 0.25) is 5.91 Å². The number of nitrogens with zero attached hydrogens (tertiary/aromatic N) is 1. The predicted molar refractivity (Wildman–Crippen MR) is 122 cm³/mol. The number of sulfonamides is 1. The van der Waals surface area contributed by atoms with Crippen LogP contribution in [0.3, 0.4) is 0 Å². The van der Waals surface area contributed by atoms with Gasteiger partial charge in [0, 0.05) is 12.5 Å². The van der Waals surface area contributed by atoms with Gasteiger partial charge in [-0.25, -0.2) is 12.7 Å². The smallest absolute Gasteiger partial charge is 0.266 e. The highest BCUT2D eigenvalue weighted by molar-refractivity contribution is 7.89. The van der Waals surface area contributed by atoms with Crippen LogP contribution in [-0.2, 0) is 21.2 Å². The van der Waals surface area contributed by atoms with Crippen molar-refractivity contribution in [1.82, 2.24) is 4.31 Å². The highest BCUT2D eigenvalue weighted by Crippen LogP contribution is 2.39. The van der Waals surface area contributed by atoms with Crippen LogP contribution in [0.25, 0.3) is 0 Å². The minimum absolute atomic E-state index is 0.00153. The van der Waals surface area contributed by atoms with Gasteiger partial charge in [0.05, 0.1) is 25.5 Å². The van der Waals surface area contributed by atoms with Crippen molar-refractivity contribution in [3.63, 3.8) is 0 Å². The third-order valence-electron chi connectivity index (χ3n) is 5.80. The van der Waals surface area contributed by atoms with E-state index in [0.29, 0.717) is 11.5 Å². The Balaban J connectivity index is 1.87. The van der Waals surface area contributed by atoms with E-state index in [2.05, 4.69) is 0 Å². The fraction of sp³-hybridized carbons (Fsp3) is 0.240. The molecule has 0 aromatic heterocycles. The van der Waals surface area contributed by atoms with Crippen LogP contribution in [0, 0.1) is 6.92 Å². The van der Waals surface area contributed by atoms with E-state index in [1.807, 2.05) is 43.3 Å². The molecular weight excluding hydrogens is 426 g/mol. The Morgan fingerprint density at radius 2 is 1.53 bits per heavy atom. The molecule has 4 rings (SSSR count). The van der Waals surface area contributed by atoms with Gasteiger partial charge in [0.1, 0.15) is 0 Å². The van der Waals surface area contributed by atoms with E-state index >= 15 is 0 Å². The molecule has 1 aliphatic heterocycles. The Morgan fingerprint density at radius 3 is 2.16 bits per heavy atom. The summed E-state index contributed by atoms with van der Waals surface area (Å²) in [5, 5.41) is 0. The molecule has 3 aromatic rings. The lowest BCUT2D eigenvalue weighted by molar-refractivity contribution is -0.125. The first kappa shape index (κ1) is 21.9. The minimum atomic E-state index is -4.02. The molecule has 0 fully saturated rings. The number of fused-ring (bicyclic) bond motifs is 1. The first-order chi connectivity index (χ1) is 15.3. The SMILES string of the molecule is COc1cc2c(cc1OC)[C@@H](c1ccccc1)CN(S(=O)(=O)c1ccc(C)cc1)C(=O)C2. The van der Waals surface area contributed by atoms with Crippen LogP contribution in [0.4, 0.5) is 0 Å². The summed E-state index contributed by atoms with van der Waals surface area (Å²) in [5.74, 6) is 0.213. The Bertz CT molecular complexity index is 1240. The largest absolute Gasteiger partial charge is 0.493 e. The lowest BCUT2D eigenvalue weighted by Crippen LogP contribution is -2.39. The number of hydrogen-bond acceptors (Lipinski definition) is 5. The van der Waals surface area contributed by atoms with Gasteiger partial charge in [0.25, 0.3) is 10.0 Å². The van der Waals surface area contributed by atoms with Gasteiger partial charge >= 0.3 is 0 Å². The first-order valence-electron chi connectivity index (χ1n) is 10.3. The molecule has 1 aliphatic rings. The summed E-state index contributed by atoms with van der Waals surface area (Å²) in [6.45, 7) is 1.89. The van der Waals surface area contributed by atoms with Gasteiger partial charge in [-0.3, -0.25) is 4.79 Å². The first-order valence-corrected chi connectivity index (χ1v) is 11.7. The summed E-state index contributed by atoms with van der Waals surface area (Å²) in [7, 11) is -0.933. The van der Waals surface area contributed by atoms with Crippen molar-refractivity contribution < 1.29 is 22.7 Å². The van der Waals surface area contributed by atoms with Crippen LogP contribution >= 0.6 is 0 Å². The number of benzene rings is 3. The number of hydrogen-bond donors (Lipinski definition) is 0. The van der Waals surface area contributed by atoms with Crippen molar-refractivity contribution in [3.05, 3.63) is 89.0 Å². The highest BCUT2D eigenvalue weighted by atomic mass is 32.2. The topological polar surface area (TPSA) is 72.9 Å². The Hall–Kier alpha value is -3.32. The molecular formula is C25H25NO5S. The Morgan fingerprint density at radius 1 is 0.906 bits per heavy atom. The Labute approximate surface area is 188 Å². The van der Waals surface area contributed by atoms with Gasteiger partial charge in [0.15, 0.2) is 11.5 Å². The van der Waals surface area contributed by atoms with Crippen molar-refractivity contribution in [2.45, 2.75) is 24.2 Å². The van der Waals surface area contributed by atoms with Crippen molar-refractivity contribution in [2.75, 3.05) is 20.8 Å². The van der Waals surface area contributed by atoms with Gasteiger partial charge in [-0.2, -0.15) is 0 Å². The van der Waals surface area contributed by atoms with E-state index in [4.69, 9.17) is 9.47 Å². The van der Waals surface area contributed by atoms with E-state index < -0.39 is 15.9 Å². The van der Waals surface area contributed by atoms with E-state index in [9.17, 15) is 13.2 Å². The number of methoxy groups -OCH3 is 2. The van der Waals surface area contributed by atoms with Gasteiger partial charge in [-0.1, -0.05) is 48.0 Å². The molecule has 0 spiro atoms. The second-order valence-corrected chi connectivity index (χ2v) is 9.65. The van der Waals surface area contributed by atoms with Gasteiger partial charge in [-0.15, -0.1) is 0 Å². The van der Waals surface area contributed by atoms with Crippen LogP contribution < -0.4 is 9.47 Å². The fourth-order valence-corrected chi connectivity index (χ4v) is 5.48. The van der Waals surface area contributed by atoms with E-state index in [-0.39, 0.29) is 23.8 Å². The maximum absolute atomic E-state index is 13.5. The summed E-state index contributed by atoms with van der Waals surface area (Å²) >= 11 is 0. The summed E-state index contributed by atoms with van der Waals surface area (Å²) in [6.07, 6.45) is -0.0515. The maximum Gasteiger partial charge on any atom is 0.266 e. The van der Waals surface area contributed by atoms with Crippen molar-refractivity contribution >= 4 is 15.9 Å². The molecule has 0 radical (unpaired) electrons. The molecule has 166 valence electrons. The zero-order chi connectivity index (χ0) is 22.9.